The molecule has 1 amide bonds. The largest absolute Gasteiger partial charge is 0.334 e. The summed E-state index contributed by atoms with van der Waals surface area (Å²) >= 11 is 3.33. The molecule has 1 aromatic heterocycles. The molecule has 1 heterocycles. The van der Waals surface area contributed by atoms with E-state index >= 15 is 0 Å². The predicted molar refractivity (Wildman–Crippen MR) is 88.2 cm³/mol. The molecule has 0 N–H and O–H groups in total. The number of hydrogen-bond donors (Lipinski definition) is 0. The third-order valence-corrected chi connectivity index (χ3v) is 3.99. The first-order chi connectivity index (χ1) is 10.4. The van der Waals surface area contributed by atoms with Gasteiger partial charge in [0.25, 0.3) is 5.91 Å². The fourth-order valence-corrected chi connectivity index (χ4v) is 2.69. The molecule has 0 spiro atoms. The zero-order valence-corrected chi connectivity index (χ0v) is 14.4. The van der Waals surface area contributed by atoms with E-state index < -0.39 is 0 Å². The fraction of sp³-hybridized carbons (Fsp3) is 0.294. The van der Waals surface area contributed by atoms with Crippen LogP contribution >= 0.6 is 15.9 Å². The van der Waals surface area contributed by atoms with Gasteiger partial charge in [-0.1, -0.05) is 15.9 Å². The SMILES string of the molecule is CCN(Cc1cc(Br)ccc1F)C(=O)c1ccc(C)nc1C. The molecule has 0 aliphatic carbocycles. The van der Waals surface area contributed by atoms with Gasteiger partial charge in [0.15, 0.2) is 0 Å². The van der Waals surface area contributed by atoms with Crippen molar-refractivity contribution < 1.29 is 9.18 Å². The van der Waals surface area contributed by atoms with Crippen LogP contribution in [0.3, 0.4) is 0 Å². The average molecular weight is 365 g/mol. The number of carbonyl (C=O) groups excluding carboxylic acids is 1. The van der Waals surface area contributed by atoms with Gasteiger partial charge in [0, 0.05) is 28.8 Å². The van der Waals surface area contributed by atoms with Crippen molar-refractivity contribution in [3.05, 3.63) is 63.1 Å². The minimum Gasteiger partial charge on any atom is -0.334 e. The molecule has 0 aliphatic heterocycles. The maximum atomic E-state index is 13.9. The number of aryl methyl sites for hydroxylation is 2. The van der Waals surface area contributed by atoms with Crippen molar-refractivity contribution in [2.75, 3.05) is 6.54 Å². The van der Waals surface area contributed by atoms with Crippen molar-refractivity contribution >= 4 is 21.8 Å². The summed E-state index contributed by atoms with van der Waals surface area (Å²) in [4.78, 5) is 18.6. The highest BCUT2D eigenvalue weighted by Gasteiger charge is 2.18. The molecule has 2 aromatic rings. The van der Waals surface area contributed by atoms with E-state index in [2.05, 4.69) is 20.9 Å². The second kappa shape index (κ2) is 7.01. The molecular formula is C17H18BrFN2O. The Bertz CT molecular complexity index is 703. The summed E-state index contributed by atoms with van der Waals surface area (Å²) in [5.41, 5.74) is 2.61. The van der Waals surface area contributed by atoms with Crippen LogP contribution in [0.1, 0.15) is 34.2 Å². The van der Waals surface area contributed by atoms with Crippen LogP contribution in [0.25, 0.3) is 0 Å². The smallest absolute Gasteiger partial charge is 0.255 e. The van der Waals surface area contributed by atoms with E-state index in [0.29, 0.717) is 23.4 Å². The lowest BCUT2D eigenvalue weighted by Gasteiger charge is -2.22. The van der Waals surface area contributed by atoms with Gasteiger partial charge in [0.05, 0.1) is 11.3 Å². The highest BCUT2D eigenvalue weighted by Crippen LogP contribution is 2.19. The van der Waals surface area contributed by atoms with E-state index in [0.717, 1.165) is 10.2 Å². The summed E-state index contributed by atoms with van der Waals surface area (Å²) in [6.45, 7) is 6.31. The summed E-state index contributed by atoms with van der Waals surface area (Å²) in [5.74, 6) is -0.444. The lowest BCUT2D eigenvalue weighted by atomic mass is 10.1. The molecule has 1 aromatic carbocycles. The van der Waals surface area contributed by atoms with Gasteiger partial charge in [0.1, 0.15) is 5.82 Å². The molecule has 0 atom stereocenters. The number of hydrogen-bond acceptors (Lipinski definition) is 2. The van der Waals surface area contributed by atoms with Crippen molar-refractivity contribution in [2.45, 2.75) is 27.3 Å². The predicted octanol–water partition coefficient (Wildman–Crippen LogP) is 4.26. The van der Waals surface area contributed by atoms with Gasteiger partial charge in [-0.15, -0.1) is 0 Å². The minimum atomic E-state index is -0.312. The third-order valence-electron chi connectivity index (χ3n) is 3.49. The number of halogens is 2. The molecule has 0 saturated carbocycles. The molecule has 3 nitrogen and oxygen atoms in total. The maximum absolute atomic E-state index is 13.9. The van der Waals surface area contributed by atoms with Crippen LogP contribution in [-0.4, -0.2) is 22.3 Å². The molecule has 5 heteroatoms. The van der Waals surface area contributed by atoms with E-state index in [1.807, 2.05) is 26.8 Å². The van der Waals surface area contributed by atoms with Crippen molar-refractivity contribution in [3.63, 3.8) is 0 Å². The number of pyridine rings is 1. The average Bonchev–Trinajstić information content (AvgIpc) is 2.47. The van der Waals surface area contributed by atoms with Gasteiger partial charge in [0.2, 0.25) is 0 Å². The molecular weight excluding hydrogens is 347 g/mol. The summed E-state index contributed by atoms with van der Waals surface area (Å²) in [5, 5.41) is 0. The van der Waals surface area contributed by atoms with Crippen LogP contribution < -0.4 is 0 Å². The monoisotopic (exact) mass is 364 g/mol. The molecule has 0 radical (unpaired) electrons. The highest BCUT2D eigenvalue weighted by atomic mass is 79.9. The van der Waals surface area contributed by atoms with Gasteiger partial charge in [-0.3, -0.25) is 9.78 Å². The standard InChI is InChI=1S/C17H18BrFN2O/c1-4-21(10-13-9-14(18)6-8-16(13)19)17(22)15-7-5-11(2)20-12(15)3/h5-9H,4,10H2,1-3H3. The summed E-state index contributed by atoms with van der Waals surface area (Å²) in [6, 6.07) is 8.33. The lowest BCUT2D eigenvalue weighted by Crippen LogP contribution is -2.31. The molecule has 0 bridgehead atoms. The van der Waals surface area contributed by atoms with Crippen LogP contribution in [0.4, 0.5) is 4.39 Å². The normalized spacial score (nSPS) is 10.6. The Hall–Kier alpha value is -1.75. The van der Waals surface area contributed by atoms with Gasteiger partial charge in [-0.2, -0.15) is 0 Å². The van der Waals surface area contributed by atoms with Gasteiger partial charge in [-0.05, 0) is 51.1 Å². The quantitative estimate of drug-likeness (QED) is 0.811. The van der Waals surface area contributed by atoms with Crippen molar-refractivity contribution in [1.29, 1.82) is 0 Å². The molecule has 2 rings (SSSR count). The van der Waals surface area contributed by atoms with Crippen LogP contribution in [0, 0.1) is 19.7 Å². The van der Waals surface area contributed by atoms with E-state index in [4.69, 9.17) is 0 Å². The van der Waals surface area contributed by atoms with Gasteiger partial charge >= 0.3 is 0 Å². The molecule has 0 unspecified atom stereocenters. The number of carbonyl (C=O) groups is 1. The number of rotatable bonds is 4. The fourth-order valence-electron chi connectivity index (χ4n) is 2.28. The van der Waals surface area contributed by atoms with E-state index in [1.54, 1.807) is 23.1 Å². The Kier molecular flexibility index (Phi) is 5.29. The molecule has 0 fully saturated rings. The molecule has 0 saturated heterocycles. The number of amides is 1. The Morgan fingerprint density at radius 3 is 2.64 bits per heavy atom. The van der Waals surface area contributed by atoms with Crippen molar-refractivity contribution in [3.8, 4) is 0 Å². The Morgan fingerprint density at radius 1 is 1.27 bits per heavy atom. The Morgan fingerprint density at radius 2 is 2.00 bits per heavy atom. The Balaban J connectivity index is 2.27. The summed E-state index contributed by atoms with van der Waals surface area (Å²) < 4.78 is 14.7. The summed E-state index contributed by atoms with van der Waals surface area (Å²) in [7, 11) is 0. The number of aromatic nitrogens is 1. The summed E-state index contributed by atoms with van der Waals surface area (Å²) in [6.07, 6.45) is 0. The van der Waals surface area contributed by atoms with Crippen molar-refractivity contribution in [2.24, 2.45) is 0 Å². The number of benzene rings is 1. The first-order valence-corrected chi connectivity index (χ1v) is 7.89. The van der Waals surface area contributed by atoms with Crippen molar-refractivity contribution in [1.82, 2.24) is 9.88 Å². The van der Waals surface area contributed by atoms with E-state index in [1.165, 1.54) is 6.07 Å². The first-order valence-electron chi connectivity index (χ1n) is 7.09. The van der Waals surface area contributed by atoms with Crippen LogP contribution in [-0.2, 0) is 6.54 Å². The topological polar surface area (TPSA) is 33.2 Å². The molecule has 116 valence electrons. The molecule has 22 heavy (non-hydrogen) atoms. The Labute approximate surface area is 138 Å². The first kappa shape index (κ1) is 16.6. The van der Waals surface area contributed by atoms with Crippen LogP contribution in [0.5, 0.6) is 0 Å². The lowest BCUT2D eigenvalue weighted by molar-refractivity contribution is 0.0750. The number of nitrogens with zero attached hydrogens (tertiary/aromatic N) is 2. The third kappa shape index (κ3) is 3.71. The van der Waals surface area contributed by atoms with E-state index in [9.17, 15) is 9.18 Å². The zero-order chi connectivity index (χ0) is 16.3. The van der Waals surface area contributed by atoms with E-state index in [-0.39, 0.29) is 18.3 Å². The highest BCUT2D eigenvalue weighted by molar-refractivity contribution is 9.10. The van der Waals surface area contributed by atoms with Crippen LogP contribution in [0.2, 0.25) is 0 Å². The maximum Gasteiger partial charge on any atom is 0.255 e. The van der Waals surface area contributed by atoms with Crippen LogP contribution in [0.15, 0.2) is 34.8 Å². The molecule has 0 aliphatic rings. The van der Waals surface area contributed by atoms with Gasteiger partial charge < -0.3 is 4.90 Å². The second-order valence-corrected chi connectivity index (χ2v) is 6.06. The minimum absolute atomic E-state index is 0.133. The van der Waals surface area contributed by atoms with Gasteiger partial charge in [-0.25, -0.2) is 4.39 Å². The second-order valence-electron chi connectivity index (χ2n) is 5.14. The zero-order valence-electron chi connectivity index (χ0n) is 12.9.